The summed E-state index contributed by atoms with van der Waals surface area (Å²) < 4.78 is 31.7. The first-order chi connectivity index (χ1) is 13.3. The minimum absolute atomic E-state index is 0.0748. The summed E-state index contributed by atoms with van der Waals surface area (Å²) in [6.45, 7) is 19.0. The molecule has 0 saturated carbocycles. The molecule has 3 saturated heterocycles. The minimum atomic E-state index is -0.640. The van der Waals surface area contributed by atoms with E-state index in [9.17, 15) is 0 Å². The van der Waals surface area contributed by atoms with E-state index >= 15 is 0 Å². The van der Waals surface area contributed by atoms with Crippen LogP contribution in [0.4, 0.5) is 0 Å². The smallest absolute Gasteiger partial charge is 0.399 e. The van der Waals surface area contributed by atoms with E-state index in [1.54, 1.807) is 0 Å². The van der Waals surface area contributed by atoms with Gasteiger partial charge in [-0.3, -0.25) is 0 Å². The summed E-state index contributed by atoms with van der Waals surface area (Å²) in [5.41, 5.74) is 1.59. The van der Waals surface area contributed by atoms with Crippen LogP contribution in [0.3, 0.4) is 0 Å². The van der Waals surface area contributed by atoms with E-state index in [1.165, 1.54) is 11.1 Å². The molecule has 3 aliphatic rings. The van der Waals surface area contributed by atoms with Gasteiger partial charge in [-0.1, -0.05) is 18.2 Å². The maximum absolute atomic E-state index is 6.77. The summed E-state index contributed by atoms with van der Waals surface area (Å²) in [6.07, 6.45) is 0.670. The highest BCUT2D eigenvalue weighted by Gasteiger charge is 2.66. The molecule has 0 spiro atoms. The van der Waals surface area contributed by atoms with Crippen LogP contribution in [0.5, 0.6) is 0 Å². The van der Waals surface area contributed by atoms with E-state index < -0.39 is 36.8 Å². The van der Waals surface area contributed by atoms with Crippen molar-refractivity contribution >= 4 is 19.9 Å². The molecule has 3 aliphatic heterocycles. The lowest BCUT2D eigenvalue weighted by Crippen LogP contribution is -2.58. The van der Waals surface area contributed by atoms with Crippen molar-refractivity contribution in [3.63, 3.8) is 0 Å². The third kappa shape index (κ3) is 3.12. The molecule has 5 nitrogen and oxygen atoms in total. The molecule has 3 fully saturated rings. The van der Waals surface area contributed by atoms with Crippen molar-refractivity contribution in [3.8, 4) is 0 Å². The Morgan fingerprint density at radius 3 is 2.28 bits per heavy atom. The van der Waals surface area contributed by atoms with Crippen molar-refractivity contribution in [3.05, 3.63) is 29.3 Å². The van der Waals surface area contributed by atoms with Crippen molar-refractivity contribution in [2.45, 2.75) is 97.2 Å². The second kappa shape index (κ2) is 6.57. The average Bonchev–Trinajstić information content (AvgIpc) is 2.90. The fourth-order valence-electron chi connectivity index (χ4n) is 5.05. The van der Waals surface area contributed by atoms with Crippen LogP contribution in [-0.2, 0) is 23.3 Å². The van der Waals surface area contributed by atoms with E-state index in [0.29, 0.717) is 0 Å². The molecule has 0 aliphatic carbocycles. The molecule has 4 rings (SSSR count). The molecule has 7 heteroatoms. The molecule has 0 N–H and O–H groups in total. The molecule has 0 aromatic heterocycles. The van der Waals surface area contributed by atoms with Gasteiger partial charge in [0.1, 0.15) is 0 Å². The molecule has 1 aromatic rings. The van der Waals surface area contributed by atoms with Gasteiger partial charge in [0.25, 0.3) is 0 Å². The fraction of sp³-hybridized carbons (Fsp3) is 0.727. The SMILES string of the molecule is Cc1cccc(B2OC(C)(C)C(C)(C3CC4(C)OB(OC3C)OC4(C)C)O2)c1C. The lowest BCUT2D eigenvalue weighted by Gasteiger charge is -2.48. The Labute approximate surface area is 176 Å². The van der Waals surface area contributed by atoms with E-state index in [2.05, 4.69) is 80.5 Å². The molecule has 0 amide bonds. The van der Waals surface area contributed by atoms with Crippen LogP contribution in [-0.4, -0.2) is 42.9 Å². The van der Waals surface area contributed by atoms with Gasteiger partial charge >= 0.3 is 14.4 Å². The number of hydrogen-bond acceptors (Lipinski definition) is 5. The highest BCUT2D eigenvalue weighted by molar-refractivity contribution is 6.62. The first kappa shape index (κ1) is 21.4. The Kier molecular flexibility index (Phi) is 4.85. The molecule has 2 bridgehead atoms. The van der Waals surface area contributed by atoms with Gasteiger partial charge in [-0.05, 0) is 85.3 Å². The van der Waals surface area contributed by atoms with E-state index in [0.717, 1.165) is 11.9 Å². The second-order valence-corrected chi connectivity index (χ2v) is 10.4. The van der Waals surface area contributed by atoms with Gasteiger partial charge in [0.15, 0.2) is 0 Å². The number of aryl methyl sites for hydroxylation is 1. The fourth-order valence-corrected chi connectivity index (χ4v) is 5.05. The molecule has 3 heterocycles. The van der Waals surface area contributed by atoms with Gasteiger partial charge in [0.2, 0.25) is 0 Å². The molecule has 4 unspecified atom stereocenters. The van der Waals surface area contributed by atoms with Crippen LogP contribution >= 0.6 is 0 Å². The van der Waals surface area contributed by atoms with Gasteiger partial charge in [-0.2, -0.15) is 0 Å². The van der Waals surface area contributed by atoms with E-state index in [1.807, 2.05) is 0 Å². The van der Waals surface area contributed by atoms with Crippen LogP contribution in [0.15, 0.2) is 18.2 Å². The summed E-state index contributed by atoms with van der Waals surface area (Å²) in [5.74, 6) is 0.0748. The van der Waals surface area contributed by atoms with Gasteiger partial charge in [0, 0.05) is 12.0 Å². The van der Waals surface area contributed by atoms with Gasteiger partial charge in [-0.25, -0.2) is 0 Å². The van der Waals surface area contributed by atoms with Gasteiger partial charge in [-0.15, -0.1) is 0 Å². The molecule has 158 valence electrons. The lowest BCUT2D eigenvalue weighted by molar-refractivity contribution is -0.119. The molecular formula is C22H34B2O5. The first-order valence-corrected chi connectivity index (χ1v) is 10.7. The zero-order valence-corrected chi connectivity index (χ0v) is 19.3. The average molecular weight is 400 g/mol. The molecule has 4 atom stereocenters. The van der Waals surface area contributed by atoms with E-state index in [4.69, 9.17) is 23.3 Å². The van der Waals surface area contributed by atoms with Crippen LogP contribution < -0.4 is 5.46 Å². The zero-order chi connectivity index (χ0) is 21.4. The van der Waals surface area contributed by atoms with Crippen molar-refractivity contribution in [2.75, 3.05) is 0 Å². The van der Waals surface area contributed by atoms with Crippen LogP contribution in [0.25, 0.3) is 0 Å². The monoisotopic (exact) mass is 400 g/mol. The van der Waals surface area contributed by atoms with Crippen molar-refractivity contribution in [1.82, 2.24) is 0 Å². The third-order valence-electron chi connectivity index (χ3n) is 8.08. The summed E-state index contributed by atoms with van der Waals surface area (Å²) >= 11 is 0. The Morgan fingerprint density at radius 1 is 0.897 bits per heavy atom. The summed E-state index contributed by atoms with van der Waals surface area (Å²) in [7, 11) is -1.04. The number of fused-ring (bicyclic) bond motifs is 2. The predicted octanol–water partition coefficient (Wildman–Crippen LogP) is 3.58. The first-order valence-electron chi connectivity index (χ1n) is 10.7. The Hall–Kier alpha value is -0.850. The highest BCUT2D eigenvalue weighted by Crippen LogP contribution is 2.52. The normalized spacial score (nSPS) is 38.4. The number of benzene rings is 1. The predicted molar refractivity (Wildman–Crippen MR) is 115 cm³/mol. The Bertz CT molecular complexity index is 812. The second-order valence-electron chi connectivity index (χ2n) is 10.4. The molecule has 1 aromatic carbocycles. The third-order valence-corrected chi connectivity index (χ3v) is 8.08. The lowest BCUT2D eigenvalue weighted by atomic mass is 9.67. The maximum atomic E-state index is 6.77. The zero-order valence-electron chi connectivity index (χ0n) is 19.3. The van der Waals surface area contributed by atoms with E-state index in [-0.39, 0.29) is 12.0 Å². The van der Waals surface area contributed by atoms with Crippen LogP contribution in [0, 0.1) is 19.8 Å². The molecular weight excluding hydrogens is 366 g/mol. The van der Waals surface area contributed by atoms with Crippen LogP contribution in [0.1, 0.15) is 66.0 Å². The Morgan fingerprint density at radius 2 is 1.59 bits per heavy atom. The number of rotatable bonds is 2. The standard InChI is InChI=1S/C22H34B2O5/c1-14-11-10-12-18(15(14)2)23-26-20(6,7)22(9,29-23)17-13-21(8)19(4,5)27-24(28-21)25-16(17)3/h10-12,16-17H,13H2,1-9H3. The summed E-state index contributed by atoms with van der Waals surface area (Å²) in [6, 6.07) is 6.29. The van der Waals surface area contributed by atoms with Crippen molar-refractivity contribution in [1.29, 1.82) is 0 Å². The topological polar surface area (TPSA) is 46.2 Å². The molecule has 29 heavy (non-hydrogen) atoms. The van der Waals surface area contributed by atoms with Crippen LogP contribution in [0.2, 0.25) is 0 Å². The maximum Gasteiger partial charge on any atom is 0.640 e. The quantitative estimate of drug-likeness (QED) is 0.711. The Balaban J connectivity index is 1.70. The van der Waals surface area contributed by atoms with Gasteiger partial charge < -0.3 is 23.3 Å². The van der Waals surface area contributed by atoms with Crippen molar-refractivity contribution in [2.24, 2.45) is 5.92 Å². The largest absolute Gasteiger partial charge is 0.640 e. The number of hydrogen-bond donors (Lipinski definition) is 0. The summed E-state index contributed by atoms with van der Waals surface area (Å²) in [5, 5.41) is 0. The van der Waals surface area contributed by atoms with Crippen molar-refractivity contribution < 1.29 is 23.3 Å². The highest BCUT2D eigenvalue weighted by atomic mass is 16.8. The van der Waals surface area contributed by atoms with Gasteiger partial charge in [0.05, 0.1) is 22.4 Å². The molecule has 0 radical (unpaired) electrons. The minimum Gasteiger partial charge on any atom is -0.399 e. The summed E-state index contributed by atoms with van der Waals surface area (Å²) in [4.78, 5) is 0.